The van der Waals surface area contributed by atoms with Crippen LogP contribution in [0.4, 0.5) is 32.8 Å². The second kappa shape index (κ2) is 13.8. The Bertz CT molecular complexity index is 3210. The summed E-state index contributed by atoms with van der Waals surface area (Å²) in [6.45, 7) is 0. The summed E-state index contributed by atoms with van der Waals surface area (Å²) < 4.78 is 13.3. The third-order valence-electron chi connectivity index (χ3n) is 13.8. The second-order valence-electron chi connectivity index (χ2n) is 17.1. The number of fused-ring (bicyclic) bond motifs is 18. The van der Waals surface area contributed by atoms with Crippen LogP contribution in [0.15, 0.2) is 226 Å². The van der Waals surface area contributed by atoms with Crippen LogP contribution in [0.3, 0.4) is 0 Å². The average molecular weight is 919 g/mol. The summed E-state index contributed by atoms with van der Waals surface area (Å²) in [5, 5.41) is 2.30. The van der Waals surface area contributed by atoms with Crippen LogP contribution < -0.4 is 19.3 Å². The molecule has 0 bridgehead atoms. The summed E-state index contributed by atoms with van der Waals surface area (Å²) in [6, 6.07) is 75.7. The SMILES string of the molecule is c1ccc2c(c1)Oc1ccccc1N2c1cc2c(s1)C1(c3ccccc3Sc3ccccc31)c1cc(N3c4ccccc4Oc4ccccc43)sc1C21c2ccccc2Sc2ccccc21. The Morgan fingerprint density at radius 1 is 0.303 bits per heavy atom. The summed E-state index contributed by atoms with van der Waals surface area (Å²) in [7, 11) is 0. The third-order valence-corrected chi connectivity index (χ3v) is 18.6. The van der Waals surface area contributed by atoms with Gasteiger partial charge in [0.1, 0.15) is 10.0 Å². The number of para-hydroxylation sites is 8. The summed E-state index contributed by atoms with van der Waals surface area (Å²) in [4.78, 5) is 12.7. The zero-order chi connectivity index (χ0) is 43.1. The van der Waals surface area contributed by atoms with E-state index in [1.807, 2.05) is 46.2 Å². The molecule has 66 heavy (non-hydrogen) atoms. The van der Waals surface area contributed by atoms with Crippen LogP contribution >= 0.6 is 46.2 Å². The zero-order valence-electron chi connectivity index (χ0n) is 35.0. The number of rotatable bonds is 2. The predicted octanol–water partition coefficient (Wildman–Crippen LogP) is 17.0. The van der Waals surface area contributed by atoms with Crippen LogP contribution in [0.2, 0.25) is 0 Å². The molecule has 8 aromatic carbocycles. The van der Waals surface area contributed by atoms with E-state index in [4.69, 9.17) is 9.47 Å². The fourth-order valence-electron chi connectivity index (χ4n) is 11.3. The van der Waals surface area contributed by atoms with E-state index in [0.717, 1.165) is 55.7 Å². The van der Waals surface area contributed by atoms with E-state index in [1.165, 1.54) is 62.7 Å². The predicted molar refractivity (Wildman–Crippen MR) is 270 cm³/mol. The van der Waals surface area contributed by atoms with Crippen molar-refractivity contribution in [3.8, 4) is 23.0 Å². The van der Waals surface area contributed by atoms with Gasteiger partial charge < -0.3 is 9.47 Å². The van der Waals surface area contributed by atoms with E-state index in [1.54, 1.807) is 0 Å². The van der Waals surface area contributed by atoms with Gasteiger partial charge in [-0.15, -0.1) is 22.7 Å². The summed E-state index contributed by atoms with van der Waals surface area (Å²) in [5.41, 5.74) is 10.6. The number of ether oxygens (including phenoxy) is 2. The molecular formula is C58H34N2O2S4. The van der Waals surface area contributed by atoms with Crippen LogP contribution in [-0.2, 0) is 10.8 Å². The smallest absolute Gasteiger partial charge is 0.151 e. The van der Waals surface area contributed by atoms with Crippen molar-refractivity contribution in [1.82, 2.24) is 0 Å². The van der Waals surface area contributed by atoms with Crippen LogP contribution in [0, 0.1) is 0 Å². The molecule has 2 spiro atoms. The molecule has 8 heteroatoms. The van der Waals surface area contributed by atoms with Crippen molar-refractivity contribution in [2.24, 2.45) is 0 Å². The van der Waals surface area contributed by atoms with Crippen molar-refractivity contribution in [3.05, 3.63) is 249 Å². The fraction of sp³-hybridized carbons (Fsp3) is 0.0345. The minimum Gasteiger partial charge on any atom is -0.453 e. The Balaban J connectivity index is 1.13. The van der Waals surface area contributed by atoms with E-state index in [9.17, 15) is 0 Å². The van der Waals surface area contributed by atoms with E-state index in [0.29, 0.717) is 0 Å². The molecule has 0 saturated heterocycles. The first-order valence-corrected chi connectivity index (χ1v) is 25.3. The summed E-state index contributed by atoms with van der Waals surface area (Å²) >= 11 is 7.63. The minimum atomic E-state index is -0.683. The maximum atomic E-state index is 6.64. The van der Waals surface area contributed by atoms with E-state index >= 15 is 0 Å². The van der Waals surface area contributed by atoms with Gasteiger partial charge in [-0.3, -0.25) is 9.80 Å². The molecule has 0 atom stereocenters. The Morgan fingerprint density at radius 2 is 0.576 bits per heavy atom. The van der Waals surface area contributed by atoms with Gasteiger partial charge in [-0.2, -0.15) is 0 Å². The van der Waals surface area contributed by atoms with Gasteiger partial charge in [-0.05, 0) is 118 Å². The largest absolute Gasteiger partial charge is 0.453 e. The van der Waals surface area contributed by atoms with Gasteiger partial charge in [0.15, 0.2) is 23.0 Å². The molecule has 2 aromatic heterocycles. The lowest BCUT2D eigenvalue weighted by Crippen LogP contribution is -2.45. The molecule has 1 aliphatic carbocycles. The summed E-state index contributed by atoms with van der Waals surface area (Å²) in [6.07, 6.45) is 0. The lowest BCUT2D eigenvalue weighted by Gasteiger charge is -2.51. The normalized spacial score (nSPS) is 15.6. The van der Waals surface area contributed by atoms with E-state index in [-0.39, 0.29) is 0 Å². The van der Waals surface area contributed by atoms with Gasteiger partial charge in [0.2, 0.25) is 0 Å². The van der Waals surface area contributed by atoms with Crippen molar-refractivity contribution in [1.29, 1.82) is 0 Å². The van der Waals surface area contributed by atoms with Gasteiger partial charge in [0.25, 0.3) is 0 Å². The number of hydrogen-bond acceptors (Lipinski definition) is 8. The Labute approximate surface area is 398 Å². The van der Waals surface area contributed by atoms with E-state index < -0.39 is 10.8 Å². The lowest BCUT2D eigenvalue weighted by molar-refractivity contribution is 0.477. The molecule has 312 valence electrons. The molecule has 0 radical (unpaired) electrons. The highest BCUT2D eigenvalue weighted by Crippen LogP contribution is 2.71. The van der Waals surface area contributed by atoms with Crippen LogP contribution in [0.5, 0.6) is 23.0 Å². The van der Waals surface area contributed by atoms with Crippen molar-refractivity contribution in [3.63, 3.8) is 0 Å². The van der Waals surface area contributed by atoms with Crippen LogP contribution in [-0.4, -0.2) is 0 Å². The molecule has 0 amide bonds. The molecule has 0 N–H and O–H groups in total. The number of nitrogens with zero attached hydrogens (tertiary/aromatic N) is 2. The number of benzene rings is 8. The fourth-order valence-corrected chi connectivity index (χ4v) is 16.6. The maximum Gasteiger partial charge on any atom is 0.151 e. The molecular weight excluding hydrogens is 885 g/mol. The average Bonchev–Trinajstić information content (AvgIpc) is 4.03. The van der Waals surface area contributed by atoms with Crippen LogP contribution in [0.25, 0.3) is 0 Å². The van der Waals surface area contributed by atoms with Crippen LogP contribution in [0.1, 0.15) is 43.1 Å². The zero-order valence-corrected chi connectivity index (χ0v) is 38.2. The molecule has 5 aliphatic rings. The number of anilines is 6. The first-order chi connectivity index (χ1) is 32.7. The first kappa shape index (κ1) is 37.3. The molecule has 0 fully saturated rings. The van der Waals surface area contributed by atoms with Gasteiger partial charge in [0, 0.05) is 29.3 Å². The van der Waals surface area contributed by atoms with Gasteiger partial charge in [0.05, 0.1) is 33.6 Å². The second-order valence-corrected chi connectivity index (χ2v) is 21.3. The van der Waals surface area contributed by atoms with Crippen molar-refractivity contribution in [2.75, 3.05) is 9.80 Å². The maximum absolute atomic E-state index is 6.64. The molecule has 0 unspecified atom stereocenters. The van der Waals surface area contributed by atoms with E-state index in [2.05, 4.69) is 216 Å². The molecule has 4 nitrogen and oxygen atoms in total. The molecule has 0 saturated carbocycles. The molecule has 10 aromatic rings. The lowest BCUT2D eigenvalue weighted by atomic mass is 9.55. The first-order valence-electron chi connectivity index (χ1n) is 22.1. The number of hydrogen-bond donors (Lipinski definition) is 0. The van der Waals surface area contributed by atoms with Gasteiger partial charge in [-0.1, -0.05) is 145 Å². The topological polar surface area (TPSA) is 24.9 Å². The monoisotopic (exact) mass is 918 g/mol. The van der Waals surface area contributed by atoms with Crippen molar-refractivity contribution in [2.45, 2.75) is 30.4 Å². The van der Waals surface area contributed by atoms with Gasteiger partial charge >= 0.3 is 0 Å². The molecule has 4 aliphatic heterocycles. The Kier molecular flexibility index (Phi) is 7.80. The Hall–Kier alpha value is -6.94. The minimum absolute atomic E-state index is 0.683. The standard InChI is InChI=1S/C58H34N2O2S4/c1-13-29-49-35(17-1)57(36-18-2-14-30-50(36)63-49)39-33-53(59-41-21-5-9-25-45(41)61-46-26-10-6-22-42(46)59)66-56(39)58(37-19-3-15-31-51(37)64-52-32-16-4-20-38(52)58)40-34-54(65-55(40)57)60-43-23-7-11-27-47(43)62-48-28-12-8-24-44(48)60/h1-34H. The third kappa shape index (κ3) is 4.81. The van der Waals surface area contributed by atoms with Crippen molar-refractivity contribution >= 4 is 78.9 Å². The highest BCUT2D eigenvalue weighted by molar-refractivity contribution is 7.99. The Morgan fingerprint density at radius 3 is 0.894 bits per heavy atom. The quantitative estimate of drug-likeness (QED) is 0.171. The molecule has 15 rings (SSSR count). The molecule has 6 heterocycles. The highest BCUT2D eigenvalue weighted by atomic mass is 32.2. The number of thiophene rings is 2. The summed E-state index contributed by atoms with van der Waals surface area (Å²) in [5.74, 6) is 3.38. The van der Waals surface area contributed by atoms with Gasteiger partial charge in [-0.25, -0.2) is 0 Å². The highest BCUT2D eigenvalue weighted by Gasteiger charge is 2.60. The van der Waals surface area contributed by atoms with Crippen molar-refractivity contribution < 1.29 is 9.47 Å².